The maximum Gasteiger partial charge on any atom is 0.255 e. The Morgan fingerprint density at radius 1 is 0.867 bits per heavy atom. The Kier molecular flexibility index (Phi) is 7.40. The molecule has 0 spiro atoms. The second kappa shape index (κ2) is 10.4. The fourth-order valence-electron chi connectivity index (χ4n) is 2.67. The zero-order valence-electron chi connectivity index (χ0n) is 16.8. The van der Waals surface area contributed by atoms with Crippen LogP contribution in [0.5, 0.6) is 0 Å². The summed E-state index contributed by atoms with van der Waals surface area (Å²) >= 11 is 1.48. The van der Waals surface area contributed by atoms with Crippen LogP contribution in [-0.4, -0.2) is 22.8 Å². The van der Waals surface area contributed by atoms with Gasteiger partial charge in [-0.2, -0.15) is 5.10 Å². The molecule has 3 aromatic rings. The van der Waals surface area contributed by atoms with Crippen molar-refractivity contribution in [2.24, 2.45) is 5.10 Å². The highest BCUT2D eigenvalue weighted by Gasteiger charge is 2.14. The summed E-state index contributed by atoms with van der Waals surface area (Å²) < 4.78 is 0. The molecule has 0 saturated heterocycles. The lowest BCUT2D eigenvalue weighted by atomic mass is 10.1. The predicted octanol–water partition coefficient (Wildman–Crippen LogP) is 4.96. The van der Waals surface area contributed by atoms with E-state index in [-0.39, 0.29) is 17.1 Å². The standard InChI is InChI=1S/C24H23N3O2S/c1-17(26-27-23(28)18(2)30-22-14-7-4-8-15-22)20-12-9-13-21(16-20)25-24(29)19-10-5-3-6-11-19/h3-16,18H,1-2H3,(H,25,29)(H,27,28)/b26-17+. The Morgan fingerprint density at radius 3 is 2.20 bits per heavy atom. The summed E-state index contributed by atoms with van der Waals surface area (Å²) in [6, 6.07) is 26.2. The van der Waals surface area contributed by atoms with Crippen LogP contribution < -0.4 is 10.7 Å². The Morgan fingerprint density at radius 2 is 1.50 bits per heavy atom. The van der Waals surface area contributed by atoms with E-state index in [4.69, 9.17) is 0 Å². The normalized spacial score (nSPS) is 12.1. The van der Waals surface area contributed by atoms with Crippen LogP contribution in [0.2, 0.25) is 0 Å². The van der Waals surface area contributed by atoms with Crippen molar-refractivity contribution >= 4 is 35.0 Å². The molecule has 6 heteroatoms. The van der Waals surface area contributed by atoms with Crippen molar-refractivity contribution in [3.63, 3.8) is 0 Å². The predicted molar refractivity (Wildman–Crippen MR) is 123 cm³/mol. The number of anilines is 1. The quantitative estimate of drug-likeness (QED) is 0.324. The van der Waals surface area contributed by atoms with Gasteiger partial charge >= 0.3 is 0 Å². The number of rotatable bonds is 7. The minimum absolute atomic E-state index is 0.170. The van der Waals surface area contributed by atoms with E-state index in [1.165, 1.54) is 11.8 Å². The van der Waals surface area contributed by atoms with Crippen LogP contribution >= 0.6 is 11.8 Å². The van der Waals surface area contributed by atoms with Gasteiger partial charge in [-0.05, 0) is 55.8 Å². The van der Waals surface area contributed by atoms with Gasteiger partial charge < -0.3 is 5.32 Å². The molecule has 0 fully saturated rings. The highest BCUT2D eigenvalue weighted by molar-refractivity contribution is 8.00. The largest absolute Gasteiger partial charge is 0.322 e. The molecule has 2 amide bonds. The first kappa shape index (κ1) is 21.3. The van der Waals surface area contributed by atoms with Crippen molar-refractivity contribution in [1.82, 2.24) is 5.43 Å². The van der Waals surface area contributed by atoms with Crippen molar-refractivity contribution in [3.8, 4) is 0 Å². The van der Waals surface area contributed by atoms with Crippen LogP contribution in [0.15, 0.2) is 94.9 Å². The number of thioether (sulfide) groups is 1. The molecule has 0 aliphatic heterocycles. The fourth-order valence-corrected chi connectivity index (χ4v) is 3.55. The van der Waals surface area contributed by atoms with Gasteiger partial charge in [-0.3, -0.25) is 9.59 Å². The number of carbonyl (C=O) groups excluding carboxylic acids is 2. The summed E-state index contributed by atoms with van der Waals surface area (Å²) in [6.45, 7) is 3.66. The van der Waals surface area contributed by atoms with E-state index in [2.05, 4.69) is 15.8 Å². The number of carbonyl (C=O) groups is 2. The molecule has 152 valence electrons. The number of benzene rings is 3. The molecule has 2 N–H and O–H groups in total. The van der Waals surface area contributed by atoms with Crippen molar-refractivity contribution in [1.29, 1.82) is 0 Å². The molecule has 0 aliphatic carbocycles. The van der Waals surface area contributed by atoms with Gasteiger partial charge in [0.2, 0.25) is 0 Å². The number of hydrogen-bond donors (Lipinski definition) is 2. The summed E-state index contributed by atoms with van der Waals surface area (Å²) in [4.78, 5) is 25.7. The van der Waals surface area contributed by atoms with E-state index < -0.39 is 0 Å². The Hall–Kier alpha value is -3.38. The van der Waals surface area contributed by atoms with Gasteiger partial charge in [0.15, 0.2) is 0 Å². The molecule has 3 rings (SSSR count). The van der Waals surface area contributed by atoms with E-state index in [9.17, 15) is 9.59 Å². The number of nitrogens with one attached hydrogen (secondary N) is 2. The Bertz CT molecular complexity index is 1040. The molecular formula is C24H23N3O2S. The van der Waals surface area contributed by atoms with E-state index in [1.807, 2.05) is 86.6 Å². The minimum atomic E-state index is -0.277. The molecule has 1 unspecified atom stereocenters. The smallest absolute Gasteiger partial charge is 0.255 e. The van der Waals surface area contributed by atoms with Crippen molar-refractivity contribution in [2.45, 2.75) is 24.0 Å². The lowest BCUT2D eigenvalue weighted by molar-refractivity contribution is -0.120. The number of hydrazone groups is 1. The maximum absolute atomic E-state index is 12.4. The van der Waals surface area contributed by atoms with Crippen LogP contribution in [0.4, 0.5) is 5.69 Å². The minimum Gasteiger partial charge on any atom is -0.322 e. The first-order valence-corrected chi connectivity index (χ1v) is 10.4. The van der Waals surface area contributed by atoms with Gasteiger partial charge in [0.25, 0.3) is 11.8 Å². The molecule has 0 saturated carbocycles. The first-order valence-electron chi connectivity index (χ1n) is 9.55. The zero-order chi connectivity index (χ0) is 21.3. The molecule has 0 radical (unpaired) electrons. The summed E-state index contributed by atoms with van der Waals surface area (Å²) in [5, 5.41) is 6.83. The van der Waals surface area contributed by atoms with Crippen molar-refractivity contribution < 1.29 is 9.59 Å². The van der Waals surface area contributed by atoms with E-state index in [1.54, 1.807) is 12.1 Å². The fraction of sp³-hybridized carbons (Fsp3) is 0.125. The molecule has 1 atom stereocenters. The van der Waals surface area contributed by atoms with Crippen LogP contribution in [0, 0.1) is 0 Å². The third-order valence-corrected chi connectivity index (χ3v) is 5.45. The van der Waals surface area contributed by atoms with E-state index in [0.717, 1.165) is 10.5 Å². The molecule has 0 aliphatic rings. The number of hydrogen-bond acceptors (Lipinski definition) is 4. The molecule has 0 heterocycles. The number of amides is 2. The monoisotopic (exact) mass is 417 g/mol. The van der Waals surface area contributed by atoms with Crippen LogP contribution in [0.25, 0.3) is 0 Å². The van der Waals surface area contributed by atoms with Gasteiger partial charge in [-0.25, -0.2) is 5.43 Å². The van der Waals surface area contributed by atoms with Gasteiger partial charge in [0.05, 0.1) is 11.0 Å². The average molecular weight is 418 g/mol. The third kappa shape index (κ3) is 6.06. The van der Waals surface area contributed by atoms with E-state index >= 15 is 0 Å². The zero-order valence-corrected chi connectivity index (χ0v) is 17.6. The van der Waals surface area contributed by atoms with Gasteiger partial charge in [-0.15, -0.1) is 11.8 Å². The average Bonchev–Trinajstić information content (AvgIpc) is 2.78. The summed E-state index contributed by atoms with van der Waals surface area (Å²) in [7, 11) is 0. The number of nitrogens with zero attached hydrogens (tertiary/aromatic N) is 1. The van der Waals surface area contributed by atoms with Crippen molar-refractivity contribution in [3.05, 3.63) is 96.1 Å². The van der Waals surface area contributed by atoms with Gasteiger partial charge in [-0.1, -0.05) is 48.5 Å². The molecule has 0 aromatic heterocycles. The highest BCUT2D eigenvalue weighted by Crippen LogP contribution is 2.22. The first-order chi connectivity index (χ1) is 14.5. The molecule has 30 heavy (non-hydrogen) atoms. The van der Waals surface area contributed by atoms with Crippen LogP contribution in [0.1, 0.15) is 29.8 Å². The van der Waals surface area contributed by atoms with E-state index in [0.29, 0.717) is 17.0 Å². The van der Waals surface area contributed by atoms with Gasteiger partial charge in [0, 0.05) is 16.1 Å². The SMILES string of the molecule is C/C(=N\NC(=O)C(C)Sc1ccccc1)c1cccc(NC(=O)c2ccccc2)c1. The summed E-state index contributed by atoms with van der Waals surface area (Å²) in [5.41, 5.74) is 5.34. The Balaban J connectivity index is 1.61. The Labute approximate surface area is 180 Å². The molecule has 0 bridgehead atoms. The molecular weight excluding hydrogens is 394 g/mol. The maximum atomic E-state index is 12.4. The second-order valence-electron chi connectivity index (χ2n) is 6.65. The lowest BCUT2D eigenvalue weighted by Gasteiger charge is -2.10. The second-order valence-corrected chi connectivity index (χ2v) is 8.06. The van der Waals surface area contributed by atoms with Crippen LogP contribution in [0.3, 0.4) is 0 Å². The molecule has 5 nitrogen and oxygen atoms in total. The van der Waals surface area contributed by atoms with Gasteiger partial charge in [0.1, 0.15) is 0 Å². The topological polar surface area (TPSA) is 70.6 Å². The highest BCUT2D eigenvalue weighted by atomic mass is 32.2. The molecule has 3 aromatic carbocycles. The van der Waals surface area contributed by atoms with Crippen molar-refractivity contribution in [2.75, 3.05) is 5.32 Å². The lowest BCUT2D eigenvalue weighted by Crippen LogP contribution is -2.27. The van der Waals surface area contributed by atoms with Crippen LogP contribution in [-0.2, 0) is 4.79 Å². The third-order valence-electron chi connectivity index (χ3n) is 4.33. The summed E-state index contributed by atoms with van der Waals surface area (Å²) in [5.74, 6) is -0.348. The summed E-state index contributed by atoms with van der Waals surface area (Å²) in [6.07, 6.45) is 0.